The minimum Gasteiger partial charge on any atom is -0.303 e. The summed E-state index contributed by atoms with van der Waals surface area (Å²) in [5.74, 6) is 0.434. The van der Waals surface area contributed by atoms with E-state index in [1.54, 1.807) is 0 Å². The summed E-state index contributed by atoms with van der Waals surface area (Å²) in [6.07, 6.45) is 16.8. The maximum atomic E-state index is 12.9. The second kappa shape index (κ2) is 14.9. The van der Waals surface area contributed by atoms with E-state index in [1.807, 2.05) is 0 Å². The third kappa shape index (κ3) is 9.94. The minimum atomic E-state index is -0.211. The van der Waals surface area contributed by atoms with Gasteiger partial charge in [0.2, 0.25) is 0 Å². The summed E-state index contributed by atoms with van der Waals surface area (Å²) in [6, 6.07) is 0. The van der Waals surface area contributed by atoms with Crippen LogP contribution in [0.25, 0.3) is 0 Å². The van der Waals surface area contributed by atoms with Gasteiger partial charge in [0.05, 0.1) is 0 Å². The van der Waals surface area contributed by atoms with Gasteiger partial charge in [-0.2, -0.15) is 0 Å². The largest absolute Gasteiger partial charge is 0.303 e. The summed E-state index contributed by atoms with van der Waals surface area (Å²) in [6.45, 7) is 6.56. The van der Waals surface area contributed by atoms with Gasteiger partial charge in [0.25, 0.3) is 0 Å². The second-order valence-electron chi connectivity index (χ2n) is 7.13. The van der Waals surface area contributed by atoms with Crippen molar-refractivity contribution in [2.75, 3.05) is 0 Å². The molecule has 0 heterocycles. The van der Waals surface area contributed by atoms with Gasteiger partial charge in [-0.1, -0.05) is 78.6 Å². The molecule has 1 unspecified atom stereocenters. The molecular weight excluding hydrogens is 284 g/mol. The highest BCUT2D eigenvalue weighted by Crippen LogP contribution is 2.38. The third-order valence-corrected chi connectivity index (χ3v) is 5.11. The first-order valence-electron chi connectivity index (χ1n) is 10.1. The lowest BCUT2D eigenvalue weighted by Crippen LogP contribution is -2.31. The lowest BCUT2D eigenvalue weighted by Gasteiger charge is -2.32. The fourth-order valence-electron chi connectivity index (χ4n) is 3.49. The quantitative estimate of drug-likeness (QED) is 0.222. The number of unbranched alkanes of at least 4 members (excludes halogenated alkanes) is 7. The number of hydrogen-bond donors (Lipinski definition) is 0. The third-order valence-electron chi connectivity index (χ3n) is 5.11. The van der Waals surface area contributed by atoms with E-state index in [2.05, 4.69) is 20.8 Å². The van der Waals surface area contributed by atoms with Gasteiger partial charge < -0.3 is 4.79 Å². The molecule has 0 rings (SSSR count). The number of aldehydes is 1. The van der Waals surface area contributed by atoms with Crippen LogP contribution in [0.5, 0.6) is 0 Å². The molecule has 0 spiro atoms. The topological polar surface area (TPSA) is 34.1 Å². The van der Waals surface area contributed by atoms with Gasteiger partial charge in [0.1, 0.15) is 12.1 Å². The molecule has 136 valence electrons. The smallest absolute Gasteiger partial charge is 0.139 e. The summed E-state index contributed by atoms with van der Waals surface area (Å²) in [4.78, 5) is 23.8. The van der Waals surface area contributed by atoms with Crippen LogP contribution in [-0.4, -0.2) is 12.1 Å². The first-order valence-corrected chi connectivity index (χ1v) is 10.1. The molecular formula is C21H40O2. The van der Waals surface area contributed by atoms with Gasteiger partial charge >= 0.3 is 0 Å². The molecule has 2 nitrogen and oxygen atoms in total. The first-order chi connectivity index (χ1) is 11.2. The lowest BCUT2D eigenvalue weighted by atomic mass is 9.70. The Bertz CT molecular complexity index is 298. The second-order valence-corrected chi connectivity index (χ2v) is 7.13. The molecule has 0 aromatic heterocycles. The Morgan fingerprint density at radius 1 is 0.739 bits per heavy atom. The van der Waals surface area contributed by atoms with Crippen LogP contribution < -0.4 is 0 Å². The van der Waals surface area contributed by atoms with E-state index in [0.717, 1.165) is 57.7 Å². The molecule has 0 saturated carbocycles. The number of ketones is 1. The lowest BCUT2D eigenvalue weighted by molar-refractivity contribution is -0.130. The molecule has 0 saturated heterocycles. The van der Waals surface area contributed by atoms with Crippen LogP contribution in [0.15, 0.2) is 0 Å². The normalized spacial score (nSPS) is 13.7. The van der Waals surface area contributed by atoms with E-state index in [4.69, 9.17) is 0 Å². The van der Waals surface area contributed by atoms with Crippen molar-refractivity contribution in [3.63, 3.8) is 0 Å². The number of hydrogen-bond acceptors (Lipinski definition) is 2. The van der Waals surface area contributed by atoms with Gasteiger partial charge in [-0.3, -0.25) is 4.79 Å². The molecule has 0 radical (unpaired) electrons. The van der Waals surface area contributed by atoms with E-state index >= 15 is 0 Å². The molecule has 0 aromatic carbocycles. The van der Waals surface area contributed by atoms with Crippen molar-refractivity contribution in [1.82, 2.24) is 0 Å². The predicted octanol–water partition coefficient (Wildman–Crippen LogP) is 6.65. The SMILES string of the molecule is CCCCCCCCC(CCC=O)(CCCC)C(=O)CCCC. The van der Waals surface area contributed by atoms with E-state index in [1.165, 1.54) is 32.1 Å². The van der Waals surface area contributed by atoms with Gasteiger partial charge in [-0.25, -0.2) is 0 Å². The Labute approximate surface area is 144 Å². The van der Waals surface area contributed by atoms with E-state index in [-0.39, 0.29) is 5.41 Å². The fourth-order valence-corrected chi connectivity index (χ4v) is 3.49. The van der Waals surface area contributed by atoms with Crippen molar-refractivity contribution in [1.29, 1.82) is 0 Å². The van der Waals surface area contributed by atoms with Gasteiger partial charge in [-0.05, 0) is 25.7 Å². The van der Waals surface area contributed by atoms with E-state index < -0.39 is 0 Å². The summed E-state index contributed by atoms with van der Waals surface area (Å²) in [5, 5.41) is 0. The standard InChI is InChI=1S/C21H40O2/c1-4-7-10-11-12-13-17-21(16-9-6-3,18-14-19-22)20(23)15-8-5-2/h19H,4-18H2,1-3H3. The highest BCUT2D eigenvalue weighted by Gasteiger charge is 2.35. The summed E-state index contributed by atoms with van der Waals surface area (Å²) in [5.41, 5.74) is -0.211. The maximum Gasteiger partial charge on any atom is 0.139 e. The molecule has 0 aliphatic heterocycles. The van der Waals surface area contributed by atoms with Crippen LogP contribution in [0.4, 0.5) is 0 Å². The van der Waals surface area contributed by atoms with Crippen LogP contribution in [-0.2, 0) is 9.59 Å². The van der Waals surface area contributed by atoms with Gasteiger partial charge in [-0.15, -0.1) is 0 Å². The minimum absolute atomic E-state index is 0.211. The van der Waals surface area contributed by atoms with Crippen molar-refractivity contribution in [2.24, 2.45) is 5.41 Å². The monoisotopic (exact) mass is 324 g/mol. The predicted molar refractivity (Wildman–Crippen MR) is 99.8 cm³/mol. The molecule has 0 aliphatic carbocycles. The highest BCUT2D eigenvalue weighted by molar-refractivity contribution is 5.85. The molecule has 0 bridgehead atoms. The first kappa shape index (κ1) is 22.3. The van der Waals surface area contributed by atoms with Crippen molar-refractivity contribution < 1.29 is 9.59 Å². The highest BCUT2D eigenvalue weighted by atomic mass is 16.1. The van der Waals surface area contributed by atoms with Gasteiger partial charge in [0, 0.05) is 18.3 Å². The zero-order valence-corrected chi connectivity index (χ0v) is 16.0. The number of carbonyl (C=O) groups is 2. The molecule has 0 fully saturated rings. The number of carbonyl (C=O) groups excluding carboxylic acids is 2. The van der Waals surface area contributed by atoms with E-state index in [9.17, 15) is 9.59 Å². The van der Waals surface area contributed by atoms with Crippen LogP contribution >= 0.6 is 0 Å². The average Bonchev–Trinajstić information content (AvgIpc) is 2.57. The summed E-state index contributed by atoms with van der Waals surface area (Å²) in [7, 11) is 0. The van der Waals surface area contributed by atoms with Gasteiger partial charge in [0.15, 0.2) is 0 Å². The van der Waals surface area contributed by atoms with Crippen molar-refractivity contribution in [3.8, 4) is 0 Å². The Hall–Kier alpha value is -0.660. The summed E-state index contributed by atoms with van der Waals surface area (Å²) < 4.78 is 0. The van der Waals surface area contributed by atoms with Crippen molar-refractivity contribution >= 4 is 12.1 Å². The number of rotatable bonds is 17. The summed E-state index contributed by atoms with van der Waals surface area (Å²) >= 11 is 0. The van der Waals surface area contributed by atoms with Crippen molar-refractivity contribution in [3.05, 3.63) is 0 Å². The maximum absolute atomic E-state index is 12.9. The molecule has 0 N–H and O–H groups in total. The number of Topliss-reactive ketones (excluding diaryl/α,β-unsaturated/α-hetero) is 1. The van der Waals surface area contributed by atoms with Crippen LogP contribution in [0.1, 0.15) is 117 Å². The van der Waals surface area contributed by atoms with Crippen molar-refractivity contribution in [2.45, 2.75) is 117 Å². The zero-order valence-electron chi connectivity index (χ0n) is 16.0. The Kier molecular flexibility index (Phi) is 14.5. The van der Waals surface area contributed by atoms with Crippen LogP contribution in [0.3, 0.4) is 0 Å². The molecule has 0 aromatic rings. The average molecular weight is 325 g/mol. The Balaban J connectivity index is 4.68. The Morgan fingerprint density at radius 2 is 1.30 bits per heavy atom. The zero-order chi connectivity index (χ0) is 17.4. The molecule has 23 heavy (non-hydrogen) atoms. The Morgan fingerprint density at radius 3 is 1.91 bits per heavy atom. The molecule has 0 aliphatic rings. The molecule has 2 heteroatoms. The molecule has 0 amide bonds. The van der Waals surface area contributed by atoms with Crippen LogP contribution in [0, 0.1) is 5.41 Å². The van der Waals surface area contributed by atoms with Crippen LogP contribution in [0.2, 0.25) is 0 Å². The fraction of sp³-hybridized carbons (Fsp3) is 0.905. The van der Waals surface area contributed by atoms with E-state index in [0.29, 0.717) is 18.6 Å². The molecule has 1 atom stereocenters.